The normalized spacial score (nSPS) is 10.5. The van der Waals surface area contributed by atoms with E-state index in [2.05, 4.69) is 15.9 Å². The van der Waals surface area contributed by atoms with Crippen molar-refractivity contribution in [3.05, 3.63) is 63.6 Å². The van der Waals surface area contributed by atoms with E-state index in [-0.39, 0.29) is 22.5 Å². The minimum Gasteiger partial charge on any atom is -0.488 e. The quantitative estimate of drug-likeness (QED) is 0.556. The molecule has 1 nitrogen and oxygen atoms in total. The molecule has 0 saturated heterocycles. The molecule has 0 atom stereocenters. The molecule has 0 bridgehead atoms. The fourth-order valence-corrected chi connectivity index (χ4v) is 2.20. The zero-order valence-electron chi connectivity index (χ0n) is 9.80. The minimum atomic E-state index is -0.650. The number of para-hydroxylation sites is 1. The molecule has 2 aromatic rings. The van der Waals surface area contributed by atoms with Crippen molar-refractivity contribution in [1.29, 1.82) is 0 Å². The van der Waals surface area contributed by atoms with Gasteiger partial charge in [-0.25, -0.2) is 8.78 Å². The van der Waals surface area contributed by atoms with Crippen LogP contribution in [0.3, 0.4) is 0 Å². The number of benzene rings is 2. The highest BCUT2D eigenvalue weighted by molar-refractivity contribution is 9.10. The highest BCUT2D eigenvalue weighted by atomic mass is 79.9. The molecule has 0 unspecified atom stereocenters. The summed E-state index contributed by atoms with van der Waals surface area (Å²) in [5.41, 5.74) is 0.665. The van der Waals surface area contributed by atoms with Crippen LogP contribution < -0.4 is 4.74 Å². The van der Waals surface area contributed by atoms with Gasteiger partial charge in [0.05, 0.1) is 15.9 Å². The summed E-state index contributed by atoms with van der Waals surface area (Å²) in [6, 6.07) is 9.63. The van der Waals surface area contributed by atoms with Gasteiger partial charge in [-0.1, -0.05) is 18.2 Å². The van der Waals surface area contributed by atoms with E-state index in [0.717, 1.165) is 5.56 Å². The minimum absolute atomic E-state index is 0.112. The lowest BCUT2D eigenvalue weighted by Crippen LogP contribution is -2.03. The molecule has 2 aromatic carbocycles. The van der Waals surface area contributed by atoms with E-state index >= 15 is 0 Å². The molecular weight excluding hydrogens is 338 g/mol. The van der Waals surface area contributed by atoms with E-state index in [9.17, 15) is 8.78 Å². The van der Waals surface area contributed by atoms with Crippen molar-refractivity contribution >= 4 is 27.5 Å². The third-order valence-corrected chi connectivity index (χ3v) is 3.53. The molecule has 0 radical (unpaired) electrons. The fourth-order valence-electron chi connectivity index (χ4n) is 1.61. The van der Waals surface area contributed by atoms with E-state index < -0.39 is 11.6 Å². The van der Waals surface area contributed by atoms with Crippen molar-refractivity contribution in [2.45, 2.75) is 12.5 Å². The van der Waals surface area contributed by atoms with Gasteiger partial charge in [-0.2, -0.15) is 0 Å². The lowest BCUT2D eigenvalue weighted by Gasteiger charge is -2.11. The third-order valence-electron chi connectivity index (χ3n) is 2.63. The van der Waals surface area contributed by atoms with Gasteiger partial charge in [-0.05, 0) is 34.1 Å². The van der Waals surface area contributed by atoms with Crippen LogP contribution in [0.25, 0.3) is 0 Å². The molecule has 0 amide bonds. The maximum Gasteiger partial charge on any atom is 0.146 e. The van der Waals surface area contributed by atoms with Gasteiger partial charge in [0.1, 0.15) is 24.0 Å². The Morgan fingerprint density at radius 2 is 1.84 bits per heavy atom. The van der Waals surface area contributed by atoms with Crippen LogP contribution in [0, 0.1) is 11.6 Å². The number of alkyl halides is 1. The van der Waals surface area contributed by atoms with Gasteiger partial charge in [0.25, 0.3) is 0 Å². The highest BCUT2D eigenvalue weighted by Crippen LogP contribution is 2.25. The lowest BCUT2D eigenvalue weighted by molar-refractivity contribution is 0.290. The lowest BCUT2D eigenvalue weighted by atomic mass is 10.2. The summed E-state index contributed by atoms with van der Waals surface area (Å²) < 4.78 is 33.0. The Morgan fingerprint density at radius 1 is 1.11 bits per heavy atom. The number of hydrogen-bond donors (Lipinski definition) is 0. The topological polar surface area (TPSA) is 9.23 Å². The van der Waals surface area contributed by atoms with Gasteiger partial charge >= 0.3 is 0 Å². The average molecular weight is 348 g/mol. The molecule has 5 heteroatoms. The van der Waals surface area contributed by atoms with E-state index in [1.807, 2.05) is 6.07 Å². The monoisotopic (exact) mass is 346 g/mol. The molecule has 0 N–H and O–H groups in total. The molecule has 0 spiro atoms. The van der Waals surface area contributed by atoms with E-state index in [4.69, 9.17) is 16.3 Å². The Hall–Kier alpha value is -1.13. The molecule has 0 aliphatic rings. The first-order valence-corrected chi connectivity index (χ1v) is 6.85. The van der Waals surface area contributed by atoms with Crippen LogP contribution >= 0.6 is 27.5 Å². The molecule has 0 aliphatic carbocycles. The molecule has 0 saturated carbocycles. The van der Waals surface area contributed by atoms with E-state index in [0.29, 0.717) is 5.75 Å². The van der Waals surface area contributed by atoms with Crippen LogP contribution in [0.5, 0.6) is 5.75 Å². The van der Waals surface area contributed by atoms with Crippen LogP contribution in [-0.4, -0.2) is 0 Å². The van der Waals surface area contributed by atoms with E-state index in [1.165, 1.54) is 12.1 Å². The second-order valence-electron chi connectivity index (χ2n) is 3.85. The molecule has 100 valence electrons. The van der Waals surface area contributed by atoms with Crippen LogP contribution in [-0.2, 0) is 12.5 Å². The highest BCUT2D eigenvalue weighted by Gasteiger charge is 2.13. The maximum absolute atomic E-state index is 13.8. The fraction of sp³-hybridized carbons (Fsp3) is 0.143. The molecule has 0 heterocycles. The summed E-state index contributed by atoms with van der Waals surface area (Å²) >= 11 is 8.78. The van der Waals surface area contributed by atoms with E-state index in [1.54, 1.807) is 18.2 Å². The summed E-state index contributed by atoms with van der Waals surface area (Å²) in [5, 5.41) is 0. The SMILES string of the molecule is Fc1ccc(Br)c(F)c1COc1ccccc1CCl. The Balaban J connectivity index is 2.21. The Bertz CT molecular complexity index is 590. The molecule has 0 fully saturated rings. The van der Waals surface area contributed by atoms with Gasteiger partial charge in [0, 0.05) is 5.56 Å². The summed E-state index contributed by atoms with van der Waals surface area (Å²) in [7, 11) is 0. The summed E-state index contributed by atoms with van der Waals surface area (Å²) in [6.07, 6.45) is 0. The number of hydrogen-bond acceptors (Lipinski definition) is 1. The standard InChI is InChI=1S/C14H10BrClF2O/c15-11-5-6-12(17)10(14(11)18)8-19-13-4-2-1-3-9(13)7-16/h1-6H,7-8H2. The van der Waals surface area contributed by atoms with Crippen molar-refractivity contribution < 1.29 is 13.5 Å². The van der Waals surface area contributed by atoms with Gasteiger partial charge in [-0.3, -0.25) is 0 Å². The zero-order chi connectivity index (χ0) is 13.8. The first-order chi connectivity index (χ1) is 9.13. The Labute approximate surface area is 123 Å². The molecule has 0 aromatic heterocycles. The van der Waals surface area contributed by atoms with Crippen LogP contribution in [0.2, 0.25) is 0 Å². The zero-order valence-corrected chi connectivity index (χ0v) is 12.1. The molecular formula is C14H10BrClF2O. The first-order valence-electron chi connectivity index (χ1n) is 5.52. The molecule has 2 rings (SSSR count). The van der Waals surface area contributed by atoms with Crippen LogP contribution in [0.1, 0.15) is 11.1 Å². The second-order valence-corrected chi connectivity index (χ2v) is 4.97. The Kier molecular flexibility index (Phi) is 4.77. The predicted octanol–water partition coefficient (Wildman–Crippen LogP) is 5.05. The van der Waals surface area contributed by atoms with Crippen LogP contribution in [0.4, 0.5) is 8.78 Å². The maximum atomic E-state index is 13.8. The first kappa shape index (κ1) is 14.3. The smallest absolute Gasteiger partial charge is 0.146 e. The summed E-state index contributed by atoms with van der Waals surface area (Å²) in [4.78, 5) is 0. The molecule has 0 aliphatic heterocycles. The van der Waals surface area contributed by atoms with Gasteiger partial charge in [0.15, 0.2) is 0 Å². The van der Waals surface area contributed by atoms with Crippen molar-refractivity contribution in [2.24, 2.45) is 0 Å². The largest absolute Gasteiger partial charge is 0.488 e. The second kappa shape index (κ2) is 6.35. The van der Waals surface area contributed by atoms with Gasteiger partial charge in [-0.15, -0.1) is 11.6 Å². The number of halogens is 4. The summed E-state index contributed by atoms with van der Waals surface area (Å²) in [5.74, 6) is -0.483. The molecule has 19 heavy (non-hydrogen) atoms. The van der Waals surface area contributed by atoms with Crippen molar-refractivity contribution in [3.63, 3.8) is 0 Å². The van der Waals surface area contributed by atoms with Gasteiger partial charge < -0.3 is 4.74 Å². The van der Waals surface area contributed by atoms with Crippen molar-refractivity contribution in [1.82, 2.24) is 0 Å². The number of ether oxygens (including phenoxy) is 1. The Morgan fingerprint density at radius 3 is 2.58 bits per heavy atom. The number of rotatable bonds is 4. The van der Waals surface area contributed by atoms with Crippen molar-refractivity contribution in [2.75, 3.05) is 0 Å². The average Bonchev–Trinajstić information content (AvgIpc) is 2.43. The van der Waals surface area contributed by atoms with Gasteiger partial charge in [0.2, 0.25) is 0 Å². The predicted molar refractivity (Wildman–Crippen MR) is 74.4 cm³/mol. The summed E-state index contributed by atoms with van der Waals surface area (Å²) in [6.45, 7) is -0.189. The van der Waals surface area contributed by atoms with Crippen molar-refractivity contribution in [3.8, 4) is 5.75 Å². The third kappa shape index (κ3) is 3.25. The van der Waals surface area contributed by atoms with Crippen LogP contribution in [0.15, 0.2) is 40.9 Å².